The van der Waals surface area contributed by atoms with E-state index in [9.17, 15) is 14.4 Å². The van der Waals surface area contributed by atoms with Gasteiger partial charge in [-0.25, -0.2) is 0 Å². The number of nitrogens with one attached hydrogen (secondary N) is 1. The molecule has 2 aliphatic carbocycles. The molecule has 1 saturated heterocycles. The zero-order valence-electron chi connectivity index (χ0n) is 16.4. The van der Waals surface area contributed by atoms with Gasteiger partial charge in [0.1, 0.15) is 17.6 Å². The Morgan fingerprint density at radius 2 is 1.74 bits per heavy atom. The molecule has 7 nitrogen and oxygen atoms in total. The molecular weight excluding hydrogens is 466 g/mol. The summed E-state index contributed by atoms with van der Waals surface area (Å²) in [6.45, 7) is -0.410. The van der Waals surface area contributed by atoms with Gasteiger partial charge in [0.25, 0.3) is 5.91 Å². The average molecular weight is 486 g/mol. The van der Waals surface area contributed by atoms with Gasteiger partial charge in [0, 0.05) is 11.6 Å². The van der Waals surface area contributed by atoms with E-state index < -0.39 is 30.3 Å². The number of hydrogen-bond donors (Lipinski definition) is 1. The van der Waals surface area contributed by atoms with Gasteiger partial charge in [0.15, 0.2) is 6.61 Å². The van der Waals surface area contributed by atoms with Crippen molar-refractivity contribution >= 4 is 39.5 Å². The predicted molar refractivity (Wildman–Crippen MR) is 114 cm³/mol. The largest absolute Gasteiger partial charge is 0.461 e. The van der Waals surface area contributed by atoms with Crippen LogP contribution in [0.1, 0.15) is 6.42 Å². The van der Waals surface area contributed by atoms with Gasteiger partial charge in [-0.15, -0.1) is 0 Å². The molecule has 1 heterocycles. The summed E-state index contributed by atoms with van der Waals surface area (Å²) in [7, 11) is 0. The first-order valence-electron chi connectivity index (χ1n) is 10.2. The lowest BCUT2D eigenvalue weighted by atomic mass is 9.80. The Labute approximate surface area is 187 Å². The minimum absolute atomic E-state index is 0.000768. The first kappa shape index (κ1) is 20.1. The summed E-state index contributed by atoms with van der Waals surface area (Å²) < 4.78 is 16.4. The van der Waals surface area contributed by atoms with Crippen molar-refractivity contribution in [3.05, 3.63) is 54.6 Å². The van der Waals surface area contributed by atoms with Gasteiger partial charge in [0.2, 0.25) is 0 Å². The molecule has 31 heavy (non-hydrogen) atoms. The maximum absolute atomic E-state index is 12.6. The third kappa shape index (κ3) is 3.69. The second-order valence-electron chi connectivity index (χ2n) is 8.06. The van der Waals surface area contributed by atoms with Crippen molar-refractivity contribution in [1.29, 1.82) is 0 Å². The molecule has 1 aliphatic heterocycles. The van der Waals surface area contributed by atoms with Crippen molar-refractivity contribution in [2.75, 3.05) is 11.9 Å². The van der Waals surface area contributed by atoms with E-state index in [-0.39, 0.29) is 28.7 Å². The van der Waals surface area contributed by atoms with Crippen molar-refractivity contribution < 1.29 is 28.6 Å². The zero-order chi connectivity index (χ0) is 21.5. The number of fused-ring (bicyclic) bond motifs is 1. The number of amides is 1. The molecule has 1 amide bonds. The first-order chi connectivity index (χ1) is 15.0. The zero-order valence-corrected chi connectivity index (χ0v) is 18.0. The number of carbonyl (C=O) groups excluding carboxylic acids is 3. The summed E-state index contributed by atoms with van der Waals surface area (Å²) in [5.41, 5.74) is 0.559. The molecule has 8 heteroatoms. The van der Waals surface area contributed by atoms with E-state index >= 15 is 0 Å². The minimum atomic E-state index is -0.553. The fourth-order valence-electron chi connectivity index (χ4n) is 4.96. The van der Waals surface area contributed by atoms with Gasteiger partial charge < -0.3 is 19.5 Å². The van der Waals surface area contributed by atoms with Crippen molar-refractivity contribution in [3.8, 4) is 11.5 Å². The van der Waals surface area contributed by atoms with Crippen LogP contribution >= 0.6 is 15.9 Å². The smallest absolute Gasteiger partial charge is 0.310 e. The Morgan fingerprint density at radius 3 is 2.48 bits per heavy atom. The fourth-order valence-corrected chi connectivity index (χ4v) is 6.00. The quantitative estimate of drug-likeness (QED) is 0.497. The Hall–Kier alpha value is -2.87. The molecule has 3 aliphatic rings. The highest BCUT2D eigenvalue weighted by molar-refractivity contribution is 9.09. The number of carbonyl (C=O) groups is 3. The number of alkyl halides is 1. The third-order valence-electron chi connectivity index (χ3n) is 6.26. The SMILES string of the molecule is O=C(COC(=O)[C@@H]1[C@H]2C[C@H]3[C@H](OC(=O)[C@@H]31)[C@@H]2Br)Nc1ccc(Oc2ccccc2)cc1. The molecule has 6 atom stereocenters. The number of halogens is 1. The van der Waals surface area contributed by atoms with Crippen molar-refractivity contribution in [3.63, 3.8) is 0 Å². The number of anilines is 1. The molecule has 0 unspecified atom stereocenters. The molecule has 2 bridgehead atoms. The molecule has 1 N–H and O–H groups in total. The normalized spacial score (nSPS) is 30.0. The first-order valence-corrected chi connectivity index (χ1v) is 11.1. The number of ether oxygens (including phenoxy) is 3. The summed E-state index contributed by atoms with van der Waals surface area (Å²) in [6, 6.07) is 16.3. The molecule has 160 valence electrons. The van der Waals surface area contributed by atoms with Crippen molar-refractivity contribution in [2.45, 2.75) is 17.4 Å². The van der Waals surface area contributed by atoms with Crippen molar-refractivity contribution in [1.82, 2.24) is 0 Å². The number of para-hydroxylation sites is 1. The van der Waals surface area contributed by atoms with Gasteiger partial charge >= 0.3 is 11.9 Å². The minimum Gasteiger partial charge on any atom is -0.461 e. The van der Waals surface area contributed by atoms with E-state index in [1.165, 1.54) is 0 Å². The fraction of sp³-hybridized carbons (Fsp3) is 0.348. The molecule has 3 fully saturated rings. The van der Waals surface area contributed by atoms with E-state index in [1.54, 1.807) is 24.3 Å². The lowest BCUT2D eigenvalue weighted by molar-refractivity contribution is -0.157. The summed E-state index contributed by atoms with van der Waals surface area (Å²) in [5, 5.41) is 2.69. The Bertz CT molecular complexity index is 1010. The van der Waals surface area contributed by atoms with Crippen LogP contribution in [0.3, 0.4) is 0 Å². The average Bonchev–Trinajstić information content (AvgIpc) is 3.38. The van der Waals surface area contributed by atoms with Crippen LogP contribution < -0.4 is 10.1 Å². The number of hydrogen-bond acceptors (Lipinski definition) is 6. The third-order valence-corrected chi connectivity index (χ3v) is 7.46. The Morgan fingerprint density at radius 1 is 1.03 bits per heavy atom. The second kappa shape index (κ2) is 8.00. The topological polar surface area (TPSA) is 90.9 Å². The van der Waals surface area contributed by atoms with Gasteiger partial charge in [-0.1, -0.05) is 34.1 Å². The molecule has 2 saturated carbocycles. The predicted octanol–water partition coefficient (Wildman–Crippen LogP) is 3.53. The summed E-state index contributed by atoms with van der Waals surface area (Å²) in [4.78, 5) is 37.0. The number of rotatable bonds is 6. The standard InChI is InChI=1S/C23H20BrNO6/c24-20-15-10-16-19(23(28)31-21(16)20)18(15)22(27)29-11-17(26)25-12-6-8-14(9-7-12)30-13-4-2-1-3-5-13/h1-9,15-16,18-21H,10-11H2,(H,25,26)/t15-,16-,18-,19+,20-,21+/m1/s1. The molecule has 0 aromatic heterocycles. The van der Waals surface area contributed by atoms with Crippen LogP contribution in [0.2, 0.25) is 0 Å². The van der Waals surface area contributed by atoms with Gasteiger partial charge in [-0.3, -0.25) is 14.4 Å². The molecule has 0 spiro atoms. The Balaban J connectivity index is 1.14. The van der Waals surface area contributed by atoms with Crippen molar-refractivity contribution in [2.24, 2.45) is 23.7 Å². The molecule has 2 aromatic rings. The van der Waals surface area contributed by atoms with Crippen LogP contribution in [-0.4, -0.2) is 35.4 Å². The van der Waals surface area contributed by atoms with Crippen LogP contribution in [0, 0.1) is 23.7 Å². The van der Waals surface area contributed by atoms with E-state index in [0.717, 1.165) is 12.2 Å². The number of benzene rings is 2. The maximum atomic E-state index is 12.6. The monoisotopic (exact) mass is 485 g/mol. The highest BCUT2D eigenvalue weighted by Crippen LogP contribution is 2.60. The second-order valence-corrected chi connectivity index (χ2v) is 9.11. The maximum Gasteiger partial charge on any atom is 0.310 e. The molecule has 0 radical (unpaired) electrons. The lowest BCUT2D eigenvalue weighted by Crippen LogP contribution is -2.39. The van der Waals surface area contributed by atoms with Crippen LogP contribution in [-0.2, 0) is 23.9 Å². The van der Waals surface area contributed by atoms with E-state index in [2.05, 4.69) is 21.2 Å². The van der Waals surface area contributed by atoms with Crippen LogP contribution in [0.5, 0.6) is 11.5 Å². The van der Waals surface area contributed by atoms with Crippen LogP contribution in [0.15, 0.2) is 54.6 Å². The summed E-state index contributed by atoms with van der Waals surface area (Å²) >= 11 is 3.56. The highest BCUT2D eigenvalue weighted by atomic mass is 79.9. The van der Waals surface area contributed by atoms with E-state index in [0.29, 0.717) is 11.4 Å². The van der Waals surface area contributed by atoms with Crippen LogP contribution in [0.25, 0.3) is 0 Å². The highest BCUT2D eigenvalue weighted by Gasteiger charge is 2.68. The van der Waals surface area contributed by atoms with E-state index in [1.807, 2.05) is 30.3 Å². The molecule has 2 aromatic carbocycles. The van der Waals surface area contributed by atoms with Gasteiger partial charge in [-0.2, -0.15) is 0 Å². The summed E-state index contributed by atoms with van der Waals surface area (Å²) in [5.74, 6) is -0.878. The Kier molecular flexibility index (Phi) is 5.17. The van der Waals surface area contributed by atoms with Gasteiger partial charge in [-0.05, 0) is 48.7 Å². The molecular formula is C23H20BrNO6. The molecule has 5 rings (SSSR count). The van der Waals surface area contributed by atoms with Crippen LogP contribution in [0.4, 0.5) is 5.69 Å². The number of esters is 2. The summed E-state index contributed by atoms with van der Waals surface area (Å²) in [6.07, 6.45) is 0.615. The lowest BCUT2D eigenvalue weighted by Gasteiger charge is -2.26. The van der Waals surface area contributed by atoms with Gasteiger partial charge in [0.05, 0.1) is 16.7 Å². The van der Waals surface area contributed by atoms with E-state index in [4.69, 9.17) is 14.2 Å².